The molecule has 0 bridgehead atoms. The first-order valence-corrected chi connectivity index (χ1v) is 12.0. The van der Waals surface area contributed by atoms with Crippen LogP contribution in [0.25, 0.3) is 0 Å². The summed E-state index contributed by atoms with van der Waals surface area (Å²) in [5.74, 6) is 0.171. The minimum Gasteiger partial charge on any atom is -0.397 e. The van der Waals surface area contributed by atoms with Crippen molar-refractivity contribution in [2.24, 2.45) is 0 Å². The number of anilines is 2. The first-order chi connectivity index (χ1) is 15.1. The lowest BCUT2D eigenvalue weighted by Gasteiger charge is -2.22. The van der Waals surface area contributed by atoms with Gasteiger partial charge in [-0.1, -0.05) is 43.5 Å². The maximum absolute atomic E-state index is 13.1. The number of hydrogen-bond acceptors (Lipinski definition) is 6. The van der Waals surface area contributed by atoms with Crippen LogP contribution in [0.4, 0.5) is 10.7 Å². The summed E-state index contributed by atoms with van der Waals surface area (Å²) in [5, 5.41) is 6.47. The monoisotopic (exact) mass is 443 g/mol. The lowest BCUT2D eigenvalue weighted by Crippen LogP contribution is -2.26. The van der Waals surface area contributed by atoms with E-state index in [0.717, 1.165) is 6.42 Å². The standard InChI is InChI=1S/C24H33N3O3S/c1-3-30-15-7-14-27-23(29)19-20(25)22(31-24(19)26-2)21(28)18-12-10-17(11-13-18)16-8-5-4-6-9-16/h10-13,16,26H,3-9,14-15,25H2,1-2H3,(H,27,29). The number of amides is 1. The van der Waals surface area contributed by atoms with E-state index in [0.29, 0.717) is 46.7 Å². The Balaban J connectivity index is 1.73. The number of carbonyl (C=O) groups excluding carboxylic acids is 2. The molecule has 1 aromatic heterocycles. The molecule has 0 spiro atoms. The number of nitrogen functional groups attached to an aromatic ring is 1. The molecule has 0 saturated heterocycles. The molecule has 2 aromatic rings. The Morgan fingerprint density at radius 1 is 1.16 bits per heavy atom. The quantitative estimate of drug-likeness (QED) is 0.362. The van der Waals surface area contributed by atoms with Crippen LogP contribution in [0.1, 0.15) is 82.5 Å². The number of thiophene rings is 1. The van der Waals surface area contributed by atoms with Crippen molar-refractivity contribution in [1.82, 2.24) is 5.32 Å². The van der Waals surface area contributed by atoms with E-state index in [1.54, 1.807) is 7.05 Å². The molecule has 1 aromatic carbocycles. The van der Waals surface area contributed by atoms with Crippen molar-refractivity contribution in [2.75, 3.05) is 37.9 Å². The second kappa shape index (κ2) is 11.3. The molecule has 0 atom stereocenters. The lowest BCUT2D eigenvalue weighted by molar-refractivity contribution is 0.0946. The number of ketones is 1. The molecule has 1 saturated carbocycles. The van der Waals surface area contributed by atoms with Gasteiger partial charge in [-0.3, -0.25) is 9.59 Å². The van der Waals surface area contributed by atoms with Crippen LogP contribution in [-0.4, -0.2) is 38.5 Å². The molecule has 1 aliphatic carbocycles. The Morgan fingerprint density at radius 2 is 1.87 bits per heavy atom. The number of nitrogens with two attached hydrogens (primary N) is 1. The van der Waals surface area contributed by atoms with E-state index >= 15 is 0 Å². The van der Waals surface area contributed by atoms with Gasteiger partial charge in [-0.15, -0.1) is 11.3 Å². The summed E-state index contributed by atoms with van der Waals surface area (Å²) in [4.78, 5) is 26.2. The zero-order chi connectivity index (χ0) is 22.2. The van der Waals surface area contributed by atoms with E-state index in [-0.39, 0.29) is 17.4 Å². The van der Waals surface area contributed by atoms with Gasteiger partial charge in [0.25, 0.3) is 5.91 Å². The fourth-order valence-corrected chi connectivity index (χ4v) is 5.13. The highest BCUT2D eigenvalue weighted by molar-refractivity contribution is 7.19. The van der Waals surface area contributed by atoms with Crippen molar-refractivity contribution in [2.45, 2.75) is 51.4 Å². The van der Waals surface area contributed by atoms with Crippen LogP contribution in [-0.2, 0) is 4.74 Å². The van der Waals surface area contributed by atoms with Gasteiger partial charge in [0, 0.05) is 32.4 Å². The van der Waals surface area contributed by atoms with Crippen LogP contribution >= 0.6 is 11.3 Å². The number of nitrogens with one attached hydrogen (secondary N) is 2. The molecule has 1 heterocycles. The second-order valence-electron chi connectivity index (χ2n) is 7.89. The summed E-state index contributed by atoms with van der Waals surface area (Å²) in [7, 11) is 1.73. The van der Waals surface area contributed by atoms with Crippen LogP contribution in [0.5, 0.6) is 0 Å². The van der Waals surface area contributed by atoms with Crippen LogP contribution in [0, 0.1) is 0 Å². The highest BCUT2D eigenvalue weighted by Gasteiger charge is 2.26. The third-order valence-electron chi connectivity index (χ3n) is 5.81. The molecule has 6 nitrogen and oxygen atoms in total. The third-order valence-corrected chi connectivity index (χ3v) is 7.03. The topological polar surface area (TPSA) is 93.5 Å². The van der Waals surface area contributed by atoms with Crippen molar-refractivity contribution in [1.29, 1.82) is 0 Å². The largest absolute Gasteiger partial charge is 0.397 e. The average molecular weight is 444 g/mol. The van der Waals surface area contributed by atoms with Crippen LogP contribution < -0.4 is 16.4 Å². The Kier molecular flexibility index (Phi) is 8.49. The van der Waals surface area contributed by atoms with Crippen LogP contribution in [0.3, 0.4) is 0 Å². The number of ether oxygens (including phenoxy) is 1. The zero-order valence-corrected chi connectivity index (χ0v) is 19.3. The predicted molar refractivity (Wildman–Crippen MR) is 127 cm³/mol. The van der Waals surface area contributed by atoms with Gasteiger partial charge in [0.2, 0.25) is 5.78 Å². The predicted octanol–water partition coefficient (Wildman–Crippen LogP) is 4.81. The molecular formula is C24H33N3O3S. The van der Waals surface area contributed by atoms with Gasteiger partial charge in [0.1, 0.15) is 9.88 Å². The third kappa shape index (κ3) is 5.66. The molecule has 0 unspecified atom stereocenters. The smallest absolute Gasteiger partial charge is 0.256 e. The van der Waals surface area contributed by atoms with Crippen molar-refractivity contribution < 1.29 is 14.3 Å². The lowest BCUT2D eigenvalue weighted by atomic mass is 9.84. The fourth-order valence-electron chi connectivity index (χ4n) is 4.10. The number of carbonyl (C=O) groups is 2. The van der Waals surface area contributed by atoms with E-state index in [2.05, 4.69) is 22.8 Å². The van der Waals surface area contributed by atoms with Gasteiger partial charge < -0.3 is 21.1 Å². The molecule has 168 valence electrons. The molecule has 4 N–H and O–H groups in total. The molecule has 1 aliphatic rings. The highest BCUT2D eigenvalue weighted by Crippen LogP contribution is 2.37. The second-order valence-corrected chi connectivity index (χ2v) is 8.91. The highest BCUT2D eigenvalue weighted by atomic mass is 32.1. The van der Waals surface area contributed by atoms with Gasteiger partial charge in [-0.05, 0) is 37.7 Å². The Hall–Kier alpha value is -2.38. The van der Waals surface area contributed by atoms with E-state index in [1.807, 2.05) is 19.1 Å². The van der Waals surface area contributed by atoms with E-state index in [9.17, 15) is 9.59 Å². The van der Waals surface area contributed by atoms with Crippen LogP contribution in [0.2, 0.25) is 0 Å². The fraction of sp³-hybridized carbons (Fsp3) is 0.500. The van der Waals surface area contributed by atoms with Crippen molar-refractivity contribution in [3.63, 3.8) is 0 Å². The zero-order valence-electron chi connectivity index (χ0n) is 18.5. The summed E-state index contributed by atoms with van der Waals surface area (Å²) in [6.07, 6.45) is 7.04. The Morgan fingerprint density at radius 3 is 2.52 bits per heavy atom. The van der Waals surface area contributed by atoms with Gasteiger partial charge >= 0.3 is 0 Å². The summed E-state index contributed by atoms with van der Waals surface area (Å²) in [6.45, 7) is 3.67. The summed E-state index contributed by atoms with van der Waals surface area (Å²) in [6, 6.07) is 7.91. The first-order valence-electron chi connectivity index (χ1n) is 11.2. The number of hydrogen-bond donors (Lipinski definition) is 3. The first kappa shape index (κ1) is 23.3. The molecule has 0 aliphatic heterocycles. The molecule has 7 heteroatoms. The molecule has 1 amide bonds. The maximum Gasteiger partial charge on any atom is 0.256 e. The SMILES string of the molecule is CCOCCCNC(=O)c1c(NC)sc(C(=O)c2ccc(C3CCCCC3)cc2)c1N. The normalized spacial score (nSPS) is 14.4. The van der Waals surface area contributed by atoms with E-state index < -0.39 is 0 Å². The minimum absolute atomic E-state index is 0.149. The number of benzene rings is 1. The van der Waals surface area contributed by atoms with Gasteiger partial charge in [-0.2, -0.15) is 0 Å². The van der Waals surface area contributed by atoms with Crippen molar-refractivity contribution >= 4 is 33.7 Å². The maximum atomic E-state index is 13.1. The molecular weight excluding hydrogens is 410 g/mol. The minimum atomic E-state index is -0.277. The molecule has 1 fully saturated rings. The molecule has 31 heavy (non-hydrogen) atoms. The van der Waals surface area contributed by atoms with E-state index in [4.69, 9.17) is 10.5 Å². The number of rotatable bonds is 10. The summed E-state index contributed by atoms with van der Waals surface area (Å²) >= 11 is 1.23. The Labute approximate surface area is 188 Å². The Bertz CT molecular complexity index is 886. The average Bonchev–Trinajstić information content (AvgIpc) is 3.15. The molecule has 3 rings (SSSR count). The van der Waals surface area contributed by atoms with Gasteiger partial charge in [-0.25, -0.2) is 0 Å². The van der Waals surface area contributed by atoms with Gasteiger partial charge in [0.15, 0.2) is 0 Å². The van der Waals surface area contributed by atoms with E-state index in [1.165, 1.54) is 49.0 Å². The van der Waals surface area contributed by atoms with Crippen LogP contribution in [0.15, 0.2) is 24.3 Å². The van der Waals surface area contributed by atoms with Crippen molar-refractivity contribution in [3.05, 3.63) is 45.8 Å². The van der Waals surface area contributed by atoms with Crippen molar-refractivity contribution in [3.8, 4) is 0 Å². The summed E-state index contributed by atoms with van der Waals surface area (Å²) < 4.78 is 5.29. The summed E-state index contributed by atoms with van der Waals surface area (Å²) in [5.41, 5.74) is 8.76. The molecule has 0 radical (unpaired) electrons. The van der Waals surface area contributed by atoms with Gasteiger partial charge in [0.05, 0.1) is 11.3 Å².